The molecule has 1 amide bonds. The van der Waals surface area contributed by atoms with Gasteiger partial charge in [0.1, 0.15) is 5.82 Å². The van der Waals surface area contributed by atoms with Gasteiger partial charge in [0.25, 0.3) is 0 Å². The second-order valence-electron chi connectivity index (χ2n) is 5.78. The molecule has 0 radical (unpaired) electrons. The number of carbonyl (C=O) groups is 1. The lowest BCUT2D eigenvalue weighted by Gasteiger charge is -2.19. The highest BCUT2D eigenvalue weighted by Crippen LogP contribution is 2.20. The van der Waals surface area contributed by atoms with Crippen molar-refractivity contribution in [2.45, 2.75) is 39.7 Å². The van der Waals surface area contributed by atoms with Gasteiger partial charge < -0.3 is 5.32 Å². The fraction of sp³-hybridized carbons (Fsp3) is 0.316. The molecule has 0 heterocycles. The van der Waals surface area contributed by atoms with E-state index in [1.807, 2.05) is 13.0 Å². The van der Waals surface area contributed by atoms with Crippen LogP contribution in [0.2, 0.25) is 5.02 Å². The van der Waals surface area contributed by atoms with Crippen LogP contribution < -0.4 is 5.32 Å². The molecule has 0 aliphatic carbocycles. The molecule has 2 aromatic carbocycles. The smallest absolute Gasteiger partial charge is 0.225 e. The molecule has 0 spiro atoms. The number of hydrogen-bond donors (Lipinski definition) is 1. The van der Waals surface area contributed by atoms with Gasteiger partial charge in [-0.3, -0.25) is 4.79 Å². The molecule has 0 saturated carbocycles. The Bertz CT molecular complexity index is 715. The molecule has 122 valence electrons. The minimum Gasteiger partial charge on any atom is -0.349 e. The fourth-order valence-corrected chi connectivity index (χ4v) is 2.64. The lowest BCUT2D eigenvalue weighted by molar-refractivity contribution is -0.121. The van der Waals surface area contributed by atoms with Gasteiger partial charge in [0.15, 0.2) is 0 Å². The second-order valence-corrected chi connectivity index (χ2v) is 6.22. The van der Waals surface area contributed by atoms with Gasteiger partial charge in [0.2, 0.25) is 5.91 Å². The zero-order valence-corrected chi connectivity index (χ0v) is 14.4. The highest BCUT2D eigenvalue weighted by atomic mass is 35.5. The molecular formula is C19H21ClFNO. The molecule has 2 nitrogen and oxygen atoms in total. The maximum atomic E-state index is 13.8. The molecule has 0 fully saturated rings. The minimum atomic E-state index is -0.452. The van der Waals surface area contributed by atoms with Crippen LogP contribution in [-0.4, -0.2) is 5.91 Å². The Kier molecular flexibility index (Phi) is 5.78. The maximum Gasteiger partial charge on any atom is 0.225 e. The summed E-state index contributed by atoms with van der Waals surface area (Å²) in [6.45, 7) is 6.13. The predicted molar refractivity (Wildman–Crippen MR) is 92.2 cm³/mol. The van der Waals surface area contributed by atoms with Crippen molar-refractivity contribution in [3.05, 3.63) is 69.5 Å². The standard InChI is InChI=1S/C19H21ClFNO/c1-4-18(15-6-5-12(2)13(3)9-15)22-19(23)10-14-7-8-16(20)11-17(14)21/h5-9,11,18H,4,10H2,1-3H3,(H,22,23)/t18-/m1/s1. The second kappa shape index (κ2) is 7.60. The zero-order chi connectivity index (χ0) is 17.0. The van der Waals surface area contributed by atoms with Crippen LogP contribution in [0.15, 0.2) is 36.4 Å². The normalized spacial score (nSPS) is 12.0. The summed E-state index contributed by atoms with van der Waals surface area (Å²) in [6.07, 6.45) is 0.779. The first-order chi connectivity index (χ1) is 10.9. The van der Waals surface area contributed by atoms with E-state index in [-0.39, 0.29) is 18.4 Å². The largest absolute Gasteiger partial charge is 0.349 e. The van der Waals surface area contributed by atoms with Crippen molar-refractivity contribution in [3.63, 3.8) is 0 Å². The topological polar surface area (TPSA) is 29.1 Å². The summed E-state index contributed by atoms with van der Waals surface area (Å²) >= 11 is 5.73. The van der Waals surface area contributed by atoms with Gasteiger partial charge in [0, 0.05) is 5.02 Å². The number of amides is 1. The van der Waals surface area contributed by atoms with E-state index in [0.717, 1.165) is 12.0 Å². The molecule has 0 aliphatic rings. The maximum absolute atomic E-state index is 13.8. The van der Waals surface area contributed by atoms with Gasteiger partial charge in [-0.05, 0) is 54.7 Å². The van der Waals surface area contributed by atoms with Crippen molar-refractivity contribution in [3.8, 4) is 0 Å². The zero-order valence-electron chi connectivity index (χ0n) is 13.6. The Morgan fingerprint density at radius 3 is 2.52 bits per heavy atom. The molecule has 4 heteroatoms. The Morgan fingerprint density at radius 1 is 1.17 bits per heavy atom. The number of halogens is 2. The molecule has 1 N–H and O–H groups in total. The van der Waals surface area contributed by atoms with Crippen LogP contribution >= 0.6 is 11.6 Å². The molecule has 0 saturated heterocycles. The molecule has 0 aromatic heterocycles. The number of hydrogen-bond acceptors (Lipinski definition) is 1. The molecule has 0 bridgehead atoms. The molecule has 0 aliphatic heterocycles. The highest BCUT2D eigenvalue weighted by molar-refractivity contribution is 6.30. The van der Waals surface area contributed by atoms with E-state index in [4.69, 9.17) is 11.6 Å². The third-order valence-electron chi connectivity index (χ3n) is 4.04. The average Bonchev–Trinajstić information content (AvgIpc) is 2.50. The number of aryl methyl sites for hydroxylation is 2. The summed E-state index contributed by atoms with van der Waals surface area (Å²) in [6, 6.07) is 10.5. The highest BCUT2D eigenvalue weighted by Gasteiger charge is 2.15. The van der Waals surface area contributed by atoms with E-state index in [2.05, 4.69) is 31.3 Å². The Morgan fingerprint density at radius 2 is 1.91 bits per heavy atom. The Hall–Kier alpha value is -1.87. The van der Waals surface area contributed by atoms with Gasteiger partial charge in [-0.1, -0.05) is 42.8 Å². The van der Waals surface area contributed by atoms with Gasteiger partial charge in [-0.25, -0.2) is 4.39 Å². The van der Waals surface area contributed by atoms with Crippen molar-refractivity contribution in [2.75, 3.05) is 0 Å². The van der Waals surface area contributed by atoms with Gasteiger partial charge in [0.05, 0.1) is 12.5 Å². The number of rotatable bonds is 5. The van der Waals surface area contributed by atoms with E-state index in [9.17, 15) is 9.18 Å². The fourth-order valence-electron chi connectivity index (χ4n) is 2.49. The SMILES string of the molecule is CC[C@@H](NC(=O)Cc1ccc(Cl)cc1F)c1ccc(C)c(C)c1. The quantitative estimate of drug-likeness (QED) is 0.828. The first kappa shape index (κ1) is 17.5. The van der Waals surface area contributed by atoms with E-state index in [1.165, 1.54) is 17.2 Å². The van der Waals surface area contributed by atoms with Crippen molar-refractivity contribution in [1.82, 2.24) is 5.32 Å². The number of nitrogens with one attached hydrogen (secondary N) is 1. The van der Waals surface area contributed by atoms with Crippen molar-refractivity contribution in [1.29, 1.82) is 0 Å². The first-order valence-electron chi connectivity index (χ1n) is 7.71. The van der Waals surface area contributed by atoms with Gasteiger partial charge in [-0.15, -0.1) is 0 Å². The third kappa shape index (κ3) is 4.55. The molecule has 0 unspecified atom stereocenters. The van der Waals surface area contributed by atoms with Crippen LogP contribution in [-0.2, 0) is 11.2 Å². The Labute approximate surface area is 141 Å². The van der Waals surface area contributed by atoms with E-state index in [1.54, 1.807) is 12.1 Å². The molecule has 2 rings (SSSR count). The van der Waals surface area contributed by atoms with E-state index in [0.29, 0.717) is 10.6 Å². The third-order valence-corrected chi connectivity index (χ3v) is 4.28. The van der Waals surface area contributed by atoms with Crippen LogP contribution in [0, 0.1) is 19.7 Å². The Balaban J connectivity index is 2.08. The summed E-state index contributed by atoms with van der Waals surface area (Å²) in [5.41, 5.74) is 3.83. The van der Waals surface area contributed by atoms with Crippen LogP contribution in [0.4, 0.5) is 4.39 Å². The number of benzene rings is 2. The van der Waals surface area contributed by atoms with E-state index < -0.39 is 5.82 Å². The molecule has 1 atom stereocenters. The lowest BCUT2D eigenvalue weighted by Crippen LogP contribution is -2.29. The first-order valence-corrected chi connectivity index (χ1v) is 8.09. The monoisotopic (exact) mass is 333 g/mol. The molecule has 23 heavy (non-hydrogen) atoms. The van der Waals surface area contributed by atoms with Crippen LogP contribution in [0.1, 0.15) is 41.6 Å². The van der Waals surface area contributed by atoms with Gasteiger partial charge in [-0.2, -0.15) is 0 Å². The summed E-state index contributed by atoms with van der Waals surface area (Å²) in [7, 11) is 0. The van der Waals surface area contributed by atoms with Crippen LogP contribution in [0.25, 0.3) is 0 Å². The van der Waals surface area contributed by atoms with E-state index >= 15 is 0 Å². The molecule has 2 aromatic rings. The van der Waals surface area contributed by atoms with Crippen LogP contribution in [0.3, 0.4) is 0 Å². The summed E-state index contributed by atoms with van der Waals surface area (Å²) in [5, 5.41) is 3.31. The lowest BCUT2D eigenvalue weighted by atomic mass is 9.99. The predicted octanol–water partition coefficient (Wildman–Crippen LogP) is 4.91. The summed E-state index contributed by atoms with van der Waals surface area (Å²) in [4.78, 5) is 12.2. The van der Waals surface area contributed by atoms with Crippen molar-refractivity contribution >= 4 is 17.5 Å². The summed E-state index contributed by atoms with van der Waals surface area (Å²) in [5.74, 6) is -0.650. The molecular weight excluding hydrogens is 313 g/mol. The minimum absolute atomic E-state index is 0.00431. The average molecular weight is 334 g/mol. The van der Waals surface area contributed by atoms with Crippen molar-refractivity contribution in [2.24, 2.45) is 0 Å². The van der Waals surface area contributed by atoms with Crippen molar-refractivity contribution < 1.29 is 9.18 Å². The van der Waals surface area contributed by atoms with Gasteiger partial charge >= 0.3 is 0 Å². The van der Waals surface area contributed by atoms with Crippen LogP contribution in [0.5, 0.6) is 0 Å². The summed E-state index contributed by atoms with van der Waals surface area (Å²) < 4.78 is 13.8. The number of carbonyl (C=O) groups excluding carboxylic acids is 1.